The molecule has 0 amide bonds. The van der Waals surface area contributed by atoms with E-state index in [4.69, 9.17) is 0 Å². The van der Waals surface area contributed by atoms with E-state index in [1.807, 2.05) is 14.0 Å². The minimum Gasteiger partial charge on any atom is -0.318 e. The van der Waals surface area contributed by atoms with E-state index in [1.165, 1.54) is 21.0 Å². The molecule has 3 rings (SSSR count). The van der Waals surface area contributed by atoms with Crippen LogP contribution in [0.5, 0.6) is 0 Å². The van der Waals surface area contributed by atoms with E-state index in [2.05, 4.69) is 51.2 Å². The highest BCUT2D eigenvalue weighted by Gasteiger charge is 2.06. The lowest BCUT2D eigenvalue weighted by Gasteiger charge is -1.99. The molecule has 1 aromatic heterocycles. The molecule has 0 radical (unpaired) electrons. The van der Waals surface area contributed by atoms with Gasteiger partial charge in [-0.3, -0.25) is 0 Å². The van der Waals surface area contributed by atoms with Gasteiger partial charge in [-0.25, -0.2) is 0 Å². The first-order chi connectivity index (χ1) is 8.81. The van der Waals surface area contributed by atoms with Crippen LogP contribution in [0.25, 0.3) is 21.0 Å². The molecule has 3 nitrogen and oxygen atoms in total. The van der Waals surface area contributed by atoms with E-state index >= 15 is 0 Å². The van der Waals surface area contributed by atoms with Gasteiger partial charge >= 0.3 is 0 Å². The van der Waals surface area contributed by atoms with E-state index < -0.39 is 0 Å². The average Bonchev–Trinajstić information content (AvgIpc) is 2.74. The van der Waals surface area contributed by atoms with Crippen molar-refractivity contribution in [3.63, 3.8) is 0 Å². The maximum absolute atomic E-state index is 4.22. The Morgan fingerprint density at radius 2 is 2.00 bits per heavy atom. The van der Waals surface area contributed by atoms with Crippen LogP contribution >= 0.6 is 11.3 Å². The van der Waals surface area contributed by atoms with Crippen molar-refractivity contribution in [1.82, 2.24) is 4.57 Å². The van der Waals surface area contributed by atoms with Gasteiger partial charge in [0.25, 0.3) is 0 Å². The molecule has 0 saturated heterocycles. The van der Waals surface area contributed by atoms with Gasteiger partial charge in [0.2, 0.25) is 4.80 Å². The molecule has 18 heavy (non-hydrogen) atoms. The Bertz CT molecular complexity index is 809. The summed E-state index contributed by atoms with van der Waals surface area (Å²) in [5, 5.41) is 10.7. The molecule has 90 valence electrons. The molecule has 0 atom stereocenters. The van der Waals surface area contributed by atoms with E-state index in [-0.39, 0.29) is 0 Å². The van der Waals surface area contributed by atoms with Crippen LogP contribution < -0.4 is 4.80 Å². The maximum atomic E-state index is 4.22. The zero-order valence-corrected chi connectivity index (χ0v) is 11.1. The van der Waals surface area contributed by atoms with Crippen molar-refractivity contribution in [1.29, 1.82) is 0 Å². The second kappa shape index (κ2) is 4.38. The van der Waals surface area contributed by atoms with Crippen molar-refractivity contribution in [3.05, 3.63) is 41.2 Å². The summed E-state index contributed by atoms with van der Waals surface area (Å²) < 4.78 is 3.35. The molecule has 0 fully saturated rings. The Labute approximate surface area is 109 Å². The van der Waals surface area contributed by atoms with E-state index in [1.54, 1.807) is 17.6 Å². The van der Waals surface area contributed by atoms with Gasteiger partial charge < -0.3 is 4.57 Å². The number of aromatic nitrogens is 1. The van der Waals surface area contributed by atoms with Gasteiger partial charge in [-0.15, -0.1) is 5.10 Å². The second-order valence-electron chi connectivity index (χ2n) is 4.05. The third-order valence-corrected chi connectivity index (χ3v) is 4.13. The van der Waals surface area contributed by atoms with Crippen LogP contribution in [0.2, 0.25) is 0 Å². The summed E-state index contributed by atoms with van der Waals surface area (Å²) >= 11 is 1.68. The molecule has 0 aliphatic carbocycles. The molecular formula is C14H13N3S. The SMILES string of the molecule is C/C=N/N=c1\sc2c3ccccc3ccc2n1C. The summed E-state index contributed by atoms with van der Waals surface area (Å²) in [5.74, 6) is 0. The molecule has 0 N–H and O–H groups in total. The first kappa shape index (κ1) is 11.2. The van der Waals surface area contributed by atoms with Crippen LogP contribution in [0, 0.1) is 0 Å². The fraction of sp³-hybridized carbons (Fsp3) is 0.143. The number of hydrogen-bond donors (Lipinski definition) is 0. The monoisotopic (exact) mass is 255 g/mol. The lowest BCUT2D eigenvalue weighted by atomic mass is 10.1. The van der Waals surface area contributed by atoms with Crippen LogP contribution in [-0.2, 0) is 7.05 Å². The Hall–Kier alpha value is -1.94. The summed E-state index contributed by atoms with van der Waals surface area (Å²) in [4.78, 5) is 0.916. The summed E-state index contributed by atoms with van der Waals surface area (Å²) in [6, 6.07) is 12.7. The van der Waals surface area contributed by atoms with Crippen LogP contribution in [0.4, 0.5) is 0 Å². The summed E-state index contributed by atoms with van der Waals surface area (Å²) in [5.41, 5.74) is 1.20. The van der Waals surface area contributed by atoms with Crippen LogP contribution in [0.15, 0.2) is 46.6 Å². The van der Waals surface area contributed by atoms with Crippen molar-refractivity contribution in [2.45, 2.75) is 6.92 Å². The standard InChI is InChI=1S/C14H13N3S/c1-3-15-16-14-17(2)12-9-8-10-6-4-5-7-11(10)13(12)18-14/h3-9H,1-2H3/b15-3+,16-14-. The molecule has 0 spiro atoms. The zero-order chi connectivity index (χ0) is 12.5. The molecule has 1 heterocycles. The first-order valence-electron chi connectivity index (χ1n) is 5.80. The highest BCUT2D eigenvalue weighted by molar-refractivity contribution is 7.17. The predicted octanol–water partition coefficient (Wildman–Crippen LogP) is 3.30. The molecule has 0 aliphatic heterocycles. The molecule has 0 aliphatic rings. The number of thiazole rings is 1. The number of benzene rings is 2. The van der Waals surface area contributed by atoms with Gasteiger partial charge in [0.05, 0.1) is 10.2 Å². The number of hydrogen-bond acceptors (Lipinski definition) is 3. The van der Waals surface area contributed by atoms with Crippen LogP contribution in [0.1, 0.15) is 6.92 Å². The van der Waals surface area contributed by atoms with Crippen molar-refractivity contribution in [2.75, 3.05) is 0 Å². The fourth-order valence-corrected chi connectivity index (χ4v) is 3.17. The number of fused-ring (bicyclic) bond motifs is 3. The topological polar surface area (TPSA) is 29.6 Å². The Balaban J connectivity index is 2.46. The van der Waals surface area contributed by atoms with Gasteiger partial charge in [0, 0.05) is 18.6 Å². The fourth-order valence-electron chi connectivity index (χ4n) is 2.06. The zero-order valence-electron chi connectivity index (χ0n) is 10.3. The Kier molecular flexibility index (Phi) is 2.72. The largest absolute Gasteiger partial charge is 0.318 e. The van der Waals surface area contributed by atoms with Gasteiger partial charge in [0.15, 0.2) is 0 Å². The van der Waals surface area contributed by atoms with Gasteiger partial charge in [0.1, 0.15) is 0 Å². The van der Waals surface area contributed by atoms with E-state index in [0.717, 1.165) is 4.80 Å². The Morgan fingerprint density at radius 3 is 2.83 bits per heavy atom. The molecule has 0 unspecified atom stereocenters. The van der Waals surface area contributed by atoms with Crippen molar-refractivity contribution in [3.8, 4) is 0 Å². The smallest absolute Gasteiger partial charge is 0.211 e. The summed E-state index contributed by atoms with van der Waals surface area (Å²) in [6.45, 7) is 1.87. The minimum absolute atomic E-state index is 0.916. The van der Waals surface area contributed by atoms with Gasteiger partial charge in [-0.05, 0) is 18.4 Å². The number of nitrogens with zero attached hydrogens (tertiary/aromatic N) is 3. The molecule has 0 bridgehead atoms. The molecule has 3 aromatic rings. The van der Waals surface area contributed by atoms with Crippen molar-refractivity contribution in [2.24, 2.45) is 17.3 Å². The molecule has 2 aromatic carbocycles. The van der Waals surface area contributed by atoms with E-state index in [0.29, 0.717) is 0 Å². The molecule has 4 heteroatoms. The summed E-state index contributed by atoms with van der Waals surface area (Å²) in [6.07, 6.45) is 1.70. The first-order valence-corrected chi connectivity index (χ1v) is 6.62. The third-order valence-electron chi connectivity index (χ3n) is 2.96. The van der Waals surface area contributed by atoms with Crippen LogP contribution in [-0.4, -0.2) is 10.8 Å². The maximum Gasteiger partial charge on any atom is 0.211 e. The summed E-state index contributed by atoms with van der Waals surface area (Å²) in [7, 11) is 2.03. The molecule has 0 saturated carbocycles. The second-order valence-corrected chi connectivity index (χ2v) is 5.03. The lowest BCUT2D eigenvalue weighted by molar-refractivity contribution is 0.889. The quantitative estimate of drug-likeness (QED) is 0.472. The Morgan fingerprint density at radius 1 is 1.17 bits per heavy atom. The normalized spacial score (nSPS) is 13.1. The van der Waals surface area contributed by atoms with Crippen LogP contribution in [0.3, 0.4) is 0 Å². The average molecular weight is 255 g/mol. The third kappa shape index (κ3) is 1.66. The number of rotatable bonds is 1. The van der Waals surface area contributed by atoms with Crippen molar-refractivity contribution >= 4 is 38.5 Å². The highest BCUT2D eigenvalue weighted by Crippen LogP contribution is 2.26. The predicted molar refractivity (Wildman–Crippen MR) is 78.0 cm³/mol. The van der Waals surface area contributed by atoms with Gasteiger partial charge in [-0.1, -0.05) is 41.7 Å². The van der Waals surface area contributed by atoms with Gasteiger partial charge in [-0.2, -0.15) is 5.10 Å². The van der Waals surface area contributed by atoms with Crippen molar-refractivity contribution < 1.29 is 0 Å². The number of aryl methyl sites for hydroxylation is 1. The minimum atomic E-state index is 0.916. The molecular weight excluding hydrogens is 242 g/mol. The lowest BCUT2D eigenvalue weighted by Crippen LogP contribution is -2.08. The highest BCUT2D eigenvalue weighted by atomic mass is 32.1. The van der Waals surface area contributed by atoms with E-state index in [9.17, 15) is 0 Å².